The molecule has 4 nitrogen and oxygen atoms in total. The van der Waals surface area contributed by atoms with Crippen molar-refractivity contribution in [3.63, 3.8) is 0 Å². The van der Waals surface area contributed by atoms with E-state index >= 15 is 0 Å². The highest BCUT2D eigenvalue weighted by Gasteiger charge is 2.24. The number of thiocarbonyl (C=S) groups is 1. The Morgan fingerprint density at radius 3 is 2.37 bits per heavy atom. The van der Waals surface area contributed by atoms with Gasteiger partial charge in [-0.05, 0) is 37.1 Å². The van der Waals surface area contributed by atoms with Crippen molar-refractivity contribution < 1.29 is 4.79 Å². The highest BCUT2D eigenvalue weighted by molar-refractivity contribution is 7.80. The van der Waals surface area contributed by atoms with Crippen molar-refractivity contribution in [1.29, 1.82) is 0 Å². The number of hydrogen-bond donors (Lipinski definition) is 2. The van der Waals surface area contributed by atoms with Crippen LogP contribution in [-0.2, 0) is 4.79 Å². The van der Waals surface area contributed by atoms with E-state index in [-0.39, 0.29) is 11.8 Å². The maximum atomic E-state index is 11.6. The molecule has 0 radical (unpaired) electrons. The number of anilines is 1. The lowest BCUT2D eigenvalue weighted by molar-refractivity contribution is -0.125. The van der Waals surface area contributed by atoms with Crippen LogP contribution in [-0.4, -0.2) is 31.0 Å². The predicted octanol–water partition coefficient (Wildman–Crippen LogP) is 1.28. The number of piperidine rings is 1. The van der Waals surface area contributed by atoms with E-state index in [0.717, 1.165) is 37.2 Å². The molecule has 19 heavy (non-hydrogen) atoms. The zero-order valence-electron chi connectivity index (χ0n) is 11.1. The van der Waals surface area contributed by atoms with Crippen LogP contribution in [0.2, 0.25) is 0 Å². The number of nitrogens with one attached hydrogen (secondary N) is 1. The summed E-state index contributed by atoms with van der Waals surface area (Å²) in [5.41, 5.74) is 7.63. The standard InChI is InChI=1S/C14H19N3OS/c1-16-14(18)11-6-8-17(9-7-11)12-4-2-10(3-5-12)13(15)19/h2-5,11H,6-9H2,1H3,(H2,15,19)(H,16,18). The van der Waals surface area contributed by atoms with Gasteiger partial charge in [0.15, 0.2) is 0 Å². The number of rotatable bonds is 3. The number of amides is 1. The van der Waals surface area contributed by atoms with Crippen molar-refractivity contribution in [1.82, 2.24) is 5.32 Å². The van der Waals surface area contributed by atoms with E-state index in [9.17, 15) is 4.79 Å². The van der Waals surface area contributed by atoms with Gasteiger partial charge in [-0.25, -0.2) is 0 Å². The third-order valence-electron chi connectivity index (χ3n) is 3.63. The lowest BCUT2D eigenvalue weighted by atomic mass is 9.95. The Hall–Kier alpha value is -1.62. The first kappa shape index (κ1) is 13.8. The van der Waals surface area contributed by atoms with E-state index in [4.69, 9.17) is 18.0 Å². The van der Waals surface area contributed by atoms with E-state index in [0.29, 0.717) is 4.99 Å². The number of hydrogen-bond acceptors (Lipinski definition) is 3. The van der Waals surface area contributed by atoms with Crippen LogP contribution >= 0.6 is 12.2 Å². The molecule has 1 aromatic rings. The molecule has 3 N–H and O–H groups in total. The van der Waals surface area contributed by atoms with Crippen LogP contribution in [0.15, 0.2) is 24.3 Å². The lowest BCUT2D eigenvalue weighted by Crippen LogP contribution is -2.39. The molecule has 0 aromatic heterocycles. The maximum Gasteiger partial charge on any atom is 0.222 e. The smallest absolute Gasteiger partial charge is 0.222 e. The van der Waals surface area contributed by atoms with Crippen molar-refractivity contribution in [2.24, 2.45) is 11.7 Å². The van der Waals surface area contributed by atoms with Crippen molar-refractivity contribution in [3.8, 4) is 0 Å². The first-order chi connectivity index (χ1) is 9.11. The van der Waals surface area contributed by atoms with Crippen molar-refractivity contribution in [2.75, 3.05) is 25.0 Å². The molecule has 0 bridgehead atoms. The summed E-state index contributed by atoms with van der Waals surface area (Å²) in [5, 5.41) is 2.72. The minimum Gasteiger partial charge on any atom is -0.389 e. The average Bonchev–Trinajstić information content (AvgIpc) is 2.46. The van der Waals surface area contributed by atoms with Gasteiger partial charge in [0.2, 0.25) is 5.91 Å². The normalized spacial score (nSPS) is 16.2. The van der Waals surface area contributed by atoms with Gasteiger partial charge >= 0.3 is 0 Å². The van der Waals surface area contributed by atoms with Crippen molar-refractivity contribution in [3.05, 3.63) is 29.8 Å². The Morgan fingerprint density at radius 2 is 1.89 bits per heavy atom. The molecule has 1 aliphatic rings. The second kappa shape index (κ2) is 6.02. The third-order valence-corrected chi connectivity index (χ3v) is 3.86. The largest absolute Gasteiger partial charge is 0.389 e. The van der Waals surface area contributed by atoms with Gasteiger partial charge in [0, 0.05) is 37.3 Å². The minimum absolute atomic E-state index is 0.150. The van der Waals surface area contributed by atoms with Gasteiger partial charge in [0.1, 0.15) is 4.99 Å². The Bertz CT molecular complexity index is 464. The molecule has 0 aliphatic carbocycles. The van der Waals surface area contributed by atoms with Gasteiger partial charge in [0.25, 0.3) is 0 Å². The molecule has 1 heterocycles. The predicted molar refractivity (Wildman–Crippen MR) is 81.3 cm³/mol. The summed E-state index contributed by atoms with van der Waals surface area (Å²) in [6.45, 7) is 1.81. The summed E-state index contributed by atoms with van der Waals surface area (Å²) < 4.78 is 0. The van der Waals surface area contributed by atoms with Crippen LogP contribution in [0.3, 0.4) is 0 Å². The van der Waals surface area contributed by atoms with Crippen LogP contribution in [0.4, 0.5) is 5.69 Å². The average molecular weight is 277 g/mol. The Labute approximate surface area is 119 Å². The van der Waals surface area contributed by atoms with Crippen LogP contribution in [0.1, 0.15) is 18.4 Å². The number of benzene rings is 1. The van der Waals surface area contributed by atoms with Gasteiger partial charge in [-0.1, -0.05) is 12.2 Å². The molecule has 1 fully saturated rings. The number of carbonyl (C=O) groups is 1. The molecule has 5 heteroatoms. The number of nitrogens with zero attached hydrogens (tertiary/aromatic N) is 1. The summed E-state index contributed by atoms with van der Waals surface area (Å²) in [6, 6.07) is 7.97. The van der Waals surface area contributed by atoms with Gasteiger partial charge in [-0.15, -0.1) is 0 Å². The van der Waals surface area contributed by atoms with Gasteiger partial charge in [0.05, 0.1) is 0 Å². The van der Waals surface area contributed by atoms with E-state index < -0.39 is 0 Å². The topological polar surface area (TPSA) is 58.4 Å². The lowest BCUT2D eigenvalue weighted by Gasteiger charge is -2.32. The number of carbonyl (C=O) groups excluding carboxylic acids is 1. The maximum absolute atomic E-state index is 11.6. The zero-order valence-corrected chi connectivity index (χ0v) is 11.9. The van der Waals surface area contributed by atoms with Crippen LogP contribution < -0.4 is 16.0 Å². The fourth-order valence-electron chi connectivity index (χ4n) is 2.44. The highest BCUT2D eigenvalue weighted by Crippen LogP contribution is 2.23. The molecule has 0 spiro atoms. The van der Waals surface area contributed by atoms with Gasteiger partial charge < -0.3 is 16.0 Å². The van der Waals surface area contributed by atoms with Crippen molar-refractivity contribution >= 4 is 28.8 Å². The Kier molecular flexibility index (Phi) is 4.37. The number of nitrogens with two attached hydrogens (primary N) is 1. The molecule has 1 amide bonds. The van der Waals surface area contributed by atoms with Crippen LogP contribution in [0.25, 0.3) is 0 Å². The van der Waals surface area contributed by atoms with Crippen LogP contribution in [0, 0.1) is 5.92 Å². The summed E-state index contributed by atoms with van der Waals surface area (Å²) in [4.78, 5) is 14.3. The van der Waals surface area contributed by atoms with Crippen LogP contribution in [0.5, 0.6) is 0 Å². The molecule has 1 aliphatic heterocycles. The van der Waals surface area contributed by atoms with E-state index in [1.165, 1.54) is 0 Å². The quantitative estimate of drug-likeness (QED) is 0.817. The van der Waals surface area contributed by atoms with E-state index in [1.54, 1.807) is 7.05 Å². The molecule has 0 atom stereocenters. The van der Waals surface area contributed by atoms with E-state index in [2.05, 4.69) is 10.2 Å². The second-order valence-electron chi connectivity index (χ2n) is 4.79. The first-order valence-corrected chi connectivity index (χ1v) is 6.89. The van der Waals surface area contributed by atoms with Crippen molar-refractivity contribution in [2.45, 2.75) is 12.8 Å². The molecular formula is C14H19N3OS. The summed E-state index contributed by atoms with van der Waals surface area (Å²) in [5.74, 6) is 0.306. The molecule has 0 unspecified atom stereocenters. The molecule has 2 rings (SSSR count). The zero-order chi connectivity index (χ0) is 13.8. The summed E-state index contributed by atoms with van der Waals surface area (Å²) >= 11 is 4.94. The highest BCUT2D eigenvalue weighted by atomic mass is 32.1. The summed E-state index contributed by atoms with van der Waals surface area (Å²) in [6.07, 6.45) is 1.80. The monoisotopic (exact) mass is 277 g/mol. The fraction of sp³-hybridized carbons (Fsp3) is 0.429. The minimum atomic E-state index is 0.150. The molecule has 102 valence electrons. The first-order valence-electron chi connectivity index (χ1n) is 6.48. The Balaban J connectivity index is 1.97. The molecular weight excluding hydrogens is 258 g/mol. The van der Waals surface area contributed by atoms with E-state index in [1.807, 2.05) is 24.3 Å². The van der Waals surface area contributed by atoms with Gasteiger partial charge in [-0.3, -0.25) is 4.79 Å². The Morgan fingerprint density at radius 1 is 1.32 bits per heavy atom. The molecule has 1 aromatic carbocycles. The molecule has 0 saturated carbocycles. The third kappa shape index (κ3) is 3.23. The fourth-order valence-corrected chi connectivity index (χ4v) is 2.58. The second-order valence-corrected chi connectivity index (χ2v) is 5.23. The van der Waals surface area contributed by atoms with Gasteiger partial charge in [-0.2, -0.15) is 0 Å². The summed E-state index contributed by atoms with van der Waals surface area (Å²) in [7, 11) is 1.70. The SMILES string of the molecule is CNC(=O)C1CCN(c2ccc(C(N)=S)cc2)CC1. The molecule has 1 saturated heterocycles.